The van der Waals surface area contributed by atoms with Crippen molar-refractivity contribution < 1.29 is 19.1 Å². The first kappa shape index (κ1) is 9.89. The van der Waals surface area contributed by atoms with Gasteiger partial charge in [0.25, 0.3) is 0 Å². The molecule has 0 amide bonds. The molecule has 13 heavy (non-hydrogen) atoms. The fourth-order valence-electron chi connectivity index (χ4n) is 1.47. The number of ether oxygens (including phenoxy) is 1. The quantitative estimate of drug-likeness (QED) is 0.463. The lowest BCUT2D eigenvalue weighted by atomic mass is 9.76. The topological polar surface area (TPSA) is 60.4 Å². The standard InChI is InChI=1S/C9H12O4/c1-6(10)9(7(2)11)4-3-8(12)13-5-9/h3-5H2,1-2H3. The van der Waals surface area contributed by atoms with Crippen molar-refractivity contribution in [1.29, 1.82) is 0 Å². The predicted molar refractivity (Wildman–Crippen MR) is 44.0 cm³/mol. The molecule has 0 aromatic heterocycles. The van der Waals surface area contributed by atoms with Crippen molar-refractivity contribution >= 4 is 17.5 Å². The molecule has 0 radical (unpaired) electrons. The van der Waals surface area contributed by atoms with Gasteiger partial charge in [0.05, 0.1) is 0 Å². The van der Waals surface area contributed by atoms with E-state index in [1.54, 1.807) is 0 Å². The summed E-state index contributed by atoms with van der Waals surface area (Å²) in [6.45, 7) is 2.64. The van der Waals surface area contributed by atoms with E-state index in [2.05, 4.69) is 0 Å². The third kappa shape index (κ3) is 1.61. The smallest absolute Gasteiger partial charge is 0.305 e. The fraction of sp³-hybridized carbons (Fsp3) is 0.667. The molecule has 0 saturated carbocycles. The van der Waals surface area contributed by atoms with Crippen molar-refractivity contribution in [1.82, 2.24) is 0 Å². The summed E-state index contributed by atoms with van der Waals surface area (Å²) in [6, 6.07) is 0. The highest BCUT2D eigenvalue weighted by atomic mass is 16.5. The Morgan fingerprint density at radius 1 is 1.31 bits per heavy atom. The van der Waals surface area contributed by atoms with Crippen molar-refractivity contribution in [2.24, 2.45) is 5.41 Å². The number of rotatable bonds is 2. The van der Waals surface area contributed by atoms with E-state index in [0.717, 1.165) is 0 Å². The van der Waals surface area contributed by atoms with Gasteiger partial charge in [-0.05, 0) is 20.3 Å². The number of ketones is 2. The van der Waals surface area contributed by atoms with Gasteiger partial charge < -0.3 is 4.74 Å². The van der Waals surface area contributed by atoms with Gasteiger partial charge in [-0.3, -0.25) is 14.4 Å². The van der Waals surface area contributed by atoms with E-state index in [-0.39, 0.29) is 37.0 Å². The van der Waals surface area contributed by atoms with E-state index in [1.165, 1.54) is 13.8 Å². The zero-order valence-corrected chi connectivity index (χ0v) is 7.75. The lowest BCUT2D eigenvalue weighted by Crippen LogP contribution is -2.45. The van der Waals surface area contributed by atoms with Crippen LogP contribution in [0.5, 0.6) is 0 Å². The van der Waals surface area contributed by atoms with Gasteiger partial charge in [0, 0.05) is 6.42 Å². The molecule has 1 aliphatic heterocycles. The lowest BCUT2D eigenvalue weighted by Gasteiger charge is -2.31. The van der Waals surface area contributed by atoms with Gasteiger partial charge in [-0.1, -0.05) is 0 Å². The van der Waals surface area contributed by atoms with E-state index >= 15 is 0 Å². The van der Waals surface area contributed by atoms with Crippen LogP contribution in [0.15, 0.2) is 0 Å². The Bertz CT molecular complexity index is 241. The minimum Gasteiger partial charge on any atom is -0.464 e. The summed E-state index contributed by atoms with van der Waals surface area (Å²) in [5.41, 5.74) is -1.06. The first-order valence-corrected chi connectivity index (χ1v) is 4.17. The van der Waals surface area contributed by atoms with Crippen LogP contribution < -0.4 is 0 Å². The Balaban J connectivity index is 2.87. The third-order valence-corrected chi connectivity index (χ3v) is 2.58. The number of cyclic esters (lactones) is 1. The molecule has 4 nitrogen and oxygen atoms in total. The van der Waals surface area contributed by atoms with Gasteiger partial charge in [-0.15, -0.1) is 0 Å². The Labute approximate surface area is 76.3 Å². The third-order valence-electron chi connectivity index (χ3n) is 2.58. The minimum atomic E-state index is -1.06. The molecule has 1 rings (SSSR count). The Hall–Kier alpha value is -1.19. The molecule has 1 heterocycles. The summed E-state index contributed by atoms with van der Waals surface area (Å²) in [5, 5.41) is 0. The lowest BCUT2D eigenvalue weighted by molar-refractivity contribution is -0.161. The highest BCUT2D eigenvalue weighted by molar-refractivity contribution is 6.06. The number of hydrogen-bond donors (Lipinski definition) is 0. The maximum absolute atomic E-state index is 11.3. The molecule has 0 bridgehead atoms. The van der Waals surface area contributed by atoms with Crippen LogP contribution in [-0.2, 0) is 19.1 Å². The molecule has 1 aliphatic rings. The molecule has 0 unspecified atom stereocenters. The van der Waals surface area contributed by atoms with E-state index in [4.69, 9.17) is 4.74 Å². The normalized spacial score (nSPS) is 20.6. The summed E-state index contributed by atoms with van der Waals surface area (Å²) in [4.78, 5) is 33.3. The summed E-state index contributed by atoms with van der Waals surface area (Å²) < 4.78 is 4.74. The minimum absolute atomic E-state index is 0.0868. The average Bonchev–Trinajstić information content (AvgIpc) is 2.04. The summed E-state index contributed by atoms with van der Waals surface area (Å²) in [6.07, 6.45) is 0.440. The van der Waals surface area contributed by atoms with Gasteiger partial charge in [0.15, 0.2) is 0 Å². The summed E-state index contributed by atoms with van der Waals surface area (Å²) >= 11 is 0. The average molecular weight is 184 g/mol. The van der Waals surface area contributed by atoms with Crippen LogP contribution in [0.1, 0.15) is 26.7 Å². The molecule has 0 aromatic rings. The molecule has 0 N–H and O–H groups in total. The predicted octanol–water partition coefficient (Wildman–Crippen LogP) is 0.488. The number of hydrogen-bond acceptors (Lipinski definition) is 4. The molecule has 0 atom stereocenters. The first-order valence-electron chi connectivity index (χ1n) is 4.17. The van der Waals surface area contributed by atoms with Crippen LogP contribution in [0.3, 0.4) is 0 Å². The second-order valence-corrected chi connectivity index (χ2v) is 3.36. The SMILES string of the molecule is CC(=O)C1(C(C)=O)CCC(=O)OC1. The van der Waals surface area contributed by atoms with Gasteiger partial charge in [-0.25, -0.2) is 0 Å². The molecule has 72 valence electrons. The maximum Gasteiger partial charge on any atom is 0.305 e. The van der Waals surface area contributed by atoms with Gasteiger partial charge >= 0.3 is 5.97 Å². The van der Waals surface area contributed by atoms with Gasteiger partial charge in [-0.2, -0.15) is 0 Å². The molecule has 0 aliphatic carbocycles. The van der Waals surface area contributed by atoms with E-state index < -0.39 is 5.41 Å². The van der Waals surface area contributed by atoms with Crippen molar-refractivity contribution in [3.8, 4) is 0 Å². The highest BCUT2D eigenvalue weighted by Crippen LogP contribution is 2.31. The van der Waals surface area contributed by atoms with Crippen LogP contribution in [0.25, 0.3) is 0 Å². The molecule has 0 aromatic carbocycles. The molecule has 0 spiro atoms. The Morgan fingerprint density at radius 3 is 2.15 bits per heavy atom. The molecule has 1 saturated heterocycles. The maximum atomic E-state index is 11.3. The molecule has 1 fully saturated rings. The number of carbonyl (C=O) groups is 3. The zero-order valence-electron chi connectivity index (χ0n) is 7.75. The second kappa shape index (κ2) is 3.28. The Morgan fingerprint density at radius 2 is 1.85 bits per heavy atom. The first-order chi connectivity index (χ1) is 5.99. The van der Waals surface area contributed by atoms with Gasteiger partial charge in [0.1, 0.15) is 23.6 Å². The van der Waals surface area contributed by atoms with Crippen LogP contribution in [0.4, 0.5) is 0 Å². The fourth-order valence-corrected chi connectivity index (χ4v) is 1.47. The van der Waals surface area contributed by atoms with Crippen molar-refractivity contribution in [3.63, 3.8) is 0 Å². The second-order valence-electron chi connectivity index (χ2n) is 3.36. The molecular weight excluding hydrogens is 172 g/mol. The van der Waals surface area contributed by atoms with Crippen molar-refractivity contribution in [3.05, 3.63) is 0 Å². The van der Waals surface area contributed by atoms with Crippen LogP contribution in [-0.4, -0.2) is 24.1 Å². The number of esters is 1. The number of Topliss-reactive ketones (excluding diaryl/α,β-unsaturated/α-hetero) is 2. The van der Waals surface area contributed by atoms with Gasteiger partial charge in [0.2, 0.25) is 0 Å². The molecule has 4 heteroatoms. The van der Waals surface area contributed by atoms with E-state index in [1.807, 2.05) is 0 Å². The number of carbonyl (C=O) groups excluding carboxylic acids is 3. The zero-order chi connectivity index (χ0) is 10.1. The highest BCUT2D eigenvalue weighted by Gasteiger charge is 2.44. The van der Waals surface area contributed by atoms with Crippen LogP contribution in [0, 0.1) is 5.41 Å². The van der Waals surface area contributed by atoms with E-state index in [0.29, 0.717) is 0 Å². The Kier molecular flexibility index (Phi) is 2.50. The van der Waals surface area contributed by atoms with Crippen molar-refractivity contribution in [2.75, 3.05) is 6.61 Å². The summed E-state index contributed by atoms with van der Waals surface area (Å²) in [5.74, 6) is -0.766. The largest absolute Gasteiger partial charge is 0.464 e. The van der Waals surface area contributed by atoms with Crippen LogP contribution >= 0.6 is 0 Å². The molecular formula is C9H12O4. The monoisotopic (exact) mass is 184 g/mol. The van der Waals surface area contributed by atoms with Crippen LogP contribution in [0.2, 0.25) is 0 Å². The van der Waals surface area contributed by atoms with Crippen molar-refractivity contribution in [2.45, 2.75) is 26.7 Å². The van der Waals surface area contributed by atoms with E-state index in [9.17, 15) is 14.4 Å². The summed E-state index contributed by atoms with van der Waals surface area (Å²) in [7, 11) is 0.